The highest BCUT2D eigenvalue weighted by Gasteiger charge is 2.68. The fourth-order valence-corrected chi connectivity index (χ4v) is 5.16. The van der Waals surface area contributed by atoms with Gasteiger partial charge in [-0.1, -0.05) is 6.08 Å². The minimum Gasteiger partial charge on any atom is -0.480 e. The van der Waals surface area contributed by atoms with E-state index >= 15 is 0 Å². The molecule has 2 aliphatic heterocycles. The van der Waals surface area contributed by atoms with Gasteiger partial charge in [-0.05, 0) is 13.0 Å². The van der Waals surface area contributed by atoms with Crippen molar-refractivity contribution in [2.45, 2.75) is 29.5 Å². The topological polar surface area (TPSA) is 118 Å². The summed E-state index contributed by atoms with van der Waals surface area (Å²) in [6.07, 6.45) is 6.87. The van der Waals surface area contributed by atoms with Crippen molar-refractivity contribution < 1.29 is 23.1 Å². The van der Waals surface area contributed by atoms with Crippen LogP contribution in [0.1, 0.15) is 19.0 Å². The van der Waals surface area contributed by atoms with Gasteiger partial charge in [0, 0.05) is 12.4 Å². The second kappa shape index (κ2) is 4.60. The first-order valence-electron chi connectivity index (χ1n) is 6.52. The van der Waals surface area contributed by atoms with Crippen molar-refractivity contribution in [3.63, 3.8) is 0 Å². The van der Waals surface area contributed by atoms with E-state index in [-0.39, 0.29) is 6.42 Å². The third-order valence-electron chi connectivity index (χ3n) is 4.14. The van der Waals surface area contributed by atoms with Crippen LogP contribution in [0, 0.1) is 0 Å². The summed E-state index contributed by atoms with van der Waals surface area (Å²) in [6, 6.07) is -1.43. The van der Waals surface area contributed by atoms with E-state index in [4.69, 9.17) is 0 Å². The highest BCUT2D eigenvalue weighted by Crippen LogP contribution is 2.46. The molecule has 3 atom stereocenters. The maximum Gasteiger partial charge on any atom is 0.328 e. The zero-order valence-electron chi connectivity index (χ0n) is 11.6. The molecule has 9 heteroatoms. The summed E-state index contributed by atoms with van der Waals surface area (Å²) < 4.78 is 23.5. The van der Waals surface area contributed by atoms with Crippen molar-refractivity contribution in [2.24, 2.45) is 0 Å². The molecule has 1 aromatic rings. The van der Waals surface area contributed by atoms with Gasteiger partial charge < -0.3 is 10.0 Å². The second-order valence-electron chi connectivity index (χ2n) is 5.39. The Kier molecular flexibility index (Phi) is 3.06. The largest absolute Gasteiger partial charge is 0.480 e. The van der Waals surface area contributed by atoms with E-state index in [1.54, 1.807) is 0 Å². The molecule has 0 saturated carbocycles. The monoisotopic (exact) mass is 323 g/mol. The third kappa shape index (κ3) is 1.78. The second-order valence-corrected chi connectivity index (χ2v) is 7.91. The molecule has 22 heavy (non-hydrogen) atoms. The predicted molar refractivity (Wildman–Crippen MR) is 75.1 cm³/mol. The number of carbonyl (C=O) groups excluding carboxylic acids is 1. The van der Waals surface area contributed by atoms with E-state index < -0.39 is 37.9 Å². The first-order chi connectivity index (χ1) is 10.3. The van der Waals surface area contributed by atoms with Crippen LogP contribution in [0.4, 0.5) is 0 Å². The molecule has 2 saturated heterocycles. The van der Waals surface area contributed by atoms with Crippen LogP contribution in [0.25, 0.3) is 6.08 Å². The molecule has 1 amide bonds. The van der Waals surface area contributed by atoms with Gasteiger partial charge in [-0.2, -0.15) is 0 Å². The molecule has 1 aromatic heterocycles. The lowest BCUT2D eigenvalue weighted by atomic mass is 9.96. The van der Waals surface area contributed by atoms with Gasteiger partial charge in [0.05, 0.1) is 18.3 Å². The number of fused-ring (bicyclic) bond motifs is 1. The fourth-order valence-electron chi connectivity index (χ4n) is 2.89. The van der Waals surface area contributed by atoms with Gasteiger partial charge in [0.15, 0.2) is 15.9 Å². The smallest absolute Gasteiger partial charge is 0.328 e. The van der Waals surface area contributed by atoms with Crippen LogP contribution in [0.15, 0.2) is 24.7 Å². The Bertz CT molecular complexity index is 776. The van der Waals surface area contributed by atoms with E-state index in [1.165, 1.54) is 37.7 Å². The molecule has 0 aliphatic carbocycles. The number of aromatic nitrogens is 2. The first-order valence-corrected chi connectivity index (χ1v) is 8.06. The number of carboxylic acids is 1. The van der Waals surface area contributed by atoms with Crippen molar-refractivity contribution in [3.8, 4) is 0 Å². The molecule has 0 radical (unpaired) electrons. The molecule has 8 nitrogen and oxygen atoms in total. The summed E-state index contributed by atoms with van der Waals surface area (Å²) in [7, 11) is -3.84. The summed E-state index contributed by atoms with van der Waals surface area (Å²) in [5.74, 6) is -1.80. The lowest BCUT2D eigenvalue weighted by molar-refractivity contribution is -0.157. The SMILES string of the molecule is CC1(C=Cc2cnccn2)[C@H](C(=O)O)N2C(=O)C[C@H]2S1(=O)=O. The van der Waals surface area contributed by atoms with Crippen molar-refractivity contribution in [3.05, 3.63) is 30.4 Å². The Balaban J connectivity index is 2.07. The normalized spacial score (nSPS) is 32.8. The van der Waals surface area contributed by atoms with E-state index in [0.717, 1.165) is 4.90 Å². The molecule has 0 spiro atoms. The summed E-state index contributed by atoms with van der Waals surface area (Å²) in [6.45, 7) is 1.32. The number of nitrogens with zero attached hydrogens (tertiary/aromatic N) is 3. The number of aliphatic carboxylic acids is 1. The van der Waals surface area contributed by atoms with Crippen molar-refractivity contribution in [2.75, 3.05) is 0 Å². The molecule has 0 bridgehead atoms. The van der Waals surface area contributed by atoms with Gasteiger partial charge in [0.2, 0.25) is 5.91 Å². The number of sulfone groups is 1. The summed E-state index contributed by atoms with van der Waals surface area (Å²) >= 11 is 0. The molecular formula is C13H13N3O5S. The molecular weight excluding hydrogens is 310 g/mol. The third-order valence-corrected chi connectivity index (χ3v) is 6.84. The molecule has 2 aliphatic rings. The van der Waals surface area contributed by atoms with Crippen LogP contribution in [0.2, 0.25) is 0 Å². The van der Waals surface area contributed by atoms with Gasteiger partial charge in [0.25, 0.3) is 0 Å². The van der Waals surface area contributed by atoms with E-state index in [0.29, 0.717) is 5.69 Å². The molecule has 3 rings (SSSR count). The lowest BCUT2D eigenvalue weighted by Gasteiger charge is -2.35. The van der Waals surface area contributed by atoms with E-state index in [1.807, 2.05) is 0 Å². The number of carboxylic acid groups (broad SMARTS) is 1. The van der Waals surface area contributed by atoms with Gasteiger partial charge in [0.1, 0.15) is 10.1 Å². The van der Waals surface area contributed by atoms with Crippen molar-refractivity contribution in [1.29, 1.82) is 0 Å². The lowest BCUT2D eigenvalue weighted by Crippen LogP contribution is -2.57. The van der Waals surface area contributed by atoms with Crippen LogP contribution in [0.3, 0.4) is 0 Å². The number of rotatable bonds is 3. The molecule has 116 valence electrons. The summed E-state index contributed by atoms with van der Waals surface area (Å²) in [4.78, 5) is 31.9. The zero-order chi connectivity index (χ0) is 16.1. The zero-order valence-corrected chi connectivity index (χ0v) is 12.4. The molecule has 1 unspecified atom stereocenters. The maximum absolute atomic E-state index is 12.6. The molecule has 3 heterocycles. The van der Waals surface area contributed by atoms with Crippen LogP contribution < -0.4 is 0 Å². The fraction of sp³-hybridized carbons (Fsp3) is 0.385. The first kappa shape index (κ1) is 14.6. The standard InChI is InChI=1S/C13H13N3O5S/c1-13(3-2-8-7-14-4-5-15-8)11(12(18)19)16-9(17)6-10(16)22(13,20)21/h2-5,7,10-11H,6H2,1H3,(H,18,19)/t10-,11+,13?/m1/s1. The van der Waals surface area contributed by atoms with Crippen molar-refractivity contribution >= 4 is 27.8 Å². The van der Waals surface area contributed by atoms with Gasteiger partial charge >= 0.3 is 5.97 Å². The van der Waals surface area contributed by atoms with Crippen LogP contribution in [-0.4, -0.2) is 56.4 Å². The Labute approximate surface area is 126 Å². The highest BCUT2D eigenvalue weighted by molar-refractivity contribution is 7.94. The summed E-state index contributed by atoms with van der Waals surface area (Å²) in [5, 5.41) is 8.34. The van der Waals surface area contributed by atoms with Crippen LogP contribution in [0.5, 0.6) is 0 Å². The van der Waals surface area contributed by atoms with Gasteiger partial charge in [-0.15, -0.1) is 0 Å². The van der Waals surface area contributed by atoms with E-state index in [2.05, 4.69) is 9.97 Å². The minimum atomic E-state index is -3.84. The maximum atomic E-state index is 12.6. The molecule has 0 aromatic carbocycles. The quantitative estimate of drug-likeness (QED) is 0.758. The Hall–Kier alpha value is -2.29. The Morgan fingerprint density at radius 1 is 1.50 bits per heavy atom. The number of amides is 1. The minimum absolute atomic E-state index is 0.166. The number of carbonyl (C=O) groups is 2. The Morgan fingerprint density at radius 3 is 2.77 bits per heavy atom. The van der Waals surface area contributed by atoms with Gasteiger partial charge in [-0.25, -0.2) is 13.2 Å². The van der Waals surface area contributed by atoms with Crippen LogP contribution >= 0.6 is 0 Å². The highest BCUT2D eigenvalue weighted by atomic mass is 32.2. The van der Waals surface area contributed by atoms with Crippen LogP contribution in [-0.2, 0) is 19.4 Å². The summed E-state index contributed by atoms with van der Waals surface area (Å²) in [5.41, 5.74) is 0.406. The number of β-lactam (4-membered cyclic amide) rings is 1. The molecule has 2 fully saturated rings. The predicted octanol–water partition coefficient (Wildman–Crippen LogP) is -0.311. The molecule has 1 N–H and O–H groups in total. The Morgan fingerprint density at radius 2 is 2.23 bits per heavy atom. The average Bonchev–Trinajstić information content (AvgIpc) is 2.61. The van der Waals surface area contributed by atoms with Crippen molar-refractivity contribution in [1.82, 2.24) is 14.9 Å². The average molecular weight is 323 g/mol. The number of hydrogen-bond acceptors (Lipinski definition) is 6. The van der Waals surface area contributed by atoms with E-state index in [9.17, 15) is 23.1 Å². The van der Waals surface area contributed by atoms with Gasteiger partial charge in [-0.3, -0.25) is 14.8 Å². The number of hydrogen-bond donors (Lipinski definition) is 1.